The summed E-state index contributed by atoms with van der Waals surface area (Å²) in [5, 5.41) is 6.59. The predicted molar refractivity (Wildman–Crippen MR) is 101 cm³/mol. The summed E-state index contributed by atoms with van der Waals surface area (Å²) in [4.78, 5) is 18.0. The van der Waals surface area contributed by atoms with E-state index in [0.717, 1.165) is 43.7 Å². The van der Waals surface area contributed by atoms with Crippen molar-refractivity contribution in [1.82, 2.24) is 15.5 Å². The van der Waals surface area contributed by atoms with E-state index in [-0.39, 0.29) is 12.1 Å². The minimum absolute atomic E-state index is 0.0540. The lowest BCUT2D eigenvalue weighted by molar-refractivity contribution is -0.127. The van der Waals surface area contributed by atoms with Crippen molar-refractivity contribution in [2.24, 2.45) is 10.7 Å². The van der Waals surface area contributed by atoms with Gasteiger partial charge in [-0.05, 0) is 50.4 Å². The molecule has 2 aliphatic rings. The van der Waals surface area contributed by atoms with Crippen LogP contribution in [0.3, 0.4) is 0 Å². The van der Waals surface area contributed by atoms with Crippen LogP contribution >= 0.6 is 0 Å². The third-order valence-electron chi connectivity index (χ3n) is 4.89. The smallest absolute Gasteiger partial charge is 0.222 e. The van der Waals surface area contributed by atoms with Gasteiger partial charge >= 0.3 is 0 Å². The minimum Gasteiger partial charge on any atom is -0.370 e. The lowest BCUT2D eigenvalue weighted by Crippen LogP contribution is -2.49. The predicted octanol–water partition coefficient (Wildman–Crippen LogP) is 1.49. The van der Waals surface area contributed by atoms with Crippen LogP contribution < -0.4 is 16.4 Å². The van der Waals surface area contributed by atoms with Crippen molar-refractivity contribution in [2.75, 3.05) is 19.6 Å². The van der Waals surface area contributed by atoms with Crippen LogP contribution in [0.5, 0.6) is 0 Å². The van der Waals surface area contributed by atoms with E-state index in [1.54, 1.807) is 0 Å². The Labute approximate surface area is 149 Å². The van der Waals surface area contributed by atoms with Gasteiger partial charge in [-0.1, -0.05) is 18.2 Å². The molecule has 0 aliphatic carbocycles. The van der Waals surface area contributed by atoms with Gasteiger partial charge in [0.25, 0.3) is 0 Å². The number of nitrogens with zero attached hydrogens (tertiary/aromatic N) is 2. The Morgan fingerprint density at radius 1 is 1.40 bits per heavy atom. The van der Waals surface area contributed by atoms with Gasteiger partial charge < -0.3 is 16.0 Å². The van der Waals surface area contributed by atoms with Crippen molar-refractivity contribution in [3.8, 4) is 0 Å². The van der Waals surface area contributed by atoms with Crippen LogP contribution in [0, 0.1) is 13.8 Å². The van der Waals surface area contributed by atoms with E-state index in [1.165, 1.54) is 11.1 Å². The largest absolute Gasteiger partial charge is 0.370 e. The van der Waals surface area contributed by atoms with Crippen LogP contribution in [0.2, 0.25) is 0 Å². The first kappa shape index (κ1) is 17.5. The van der Waals surface area contributed by atoms with E-state index in [1.807, 2.05) is 11.0 Å². The Morgan fingerprint density at radius 3 is 3.00 bits per heavy atom. The maximum atomic E-state index is 11.6. The second-order valence-corrected chi connectivity index (χ2v) is 6.71. The summed E-state index contributed by atoms with van der Waals surface area (Å²) >= 11 is 0. The van der Waals surface area contributed by atoms with Crippen molar-refractivity contribution in [1.29, 1.82) is 0 Å². The molecule has 6 nitrogen and oxygen atoms in total. The van der Waals surface area contributed by atoms with E-state index in [2.05, 4.69) is 47.7 Å². The Balaban J connectivity index is 1.59. The molecule has 1 atom stereocenters. The molecule has 2 heterocycles. The fourth-order valence-corrected chi connectivity index (χ4v) is 3.31. The number of likely N-dealkylation sites (tertiary alicyclic amines) is 1. The molecule has 4 N–H and O–H groups in total. The van der Waals surface area contributed by atoms with E-state index < -0.39 is 0 Å². The van der Waals surface area contributed by atoms with Crippen LogP contribution in [0.25, 0.3) is 5.70 Å². The number of benzene rings is 1. The molecule has 1 unspecified atom stereocenters. The number of rotatable bonds is 6. The summed E-state index contributed by atoms with van der Waals surface area (Å²) in [6.07, 6.45) is 4.63. The molecule has 1 fully saturated rings. The summed E-state index contributed by atoms with van der Waals surface area (Å²) in [5.41, 5.74) is 10.4. The van der Waals surface area contributed by atoms with Crippen LogP contribution in [0.15, 0.2) is 29.3 Å². The van der Waals surface area contributed by atoms with Crippen LogP contribution in [-0.2, 0) is 4.79 Å². The average molecular weight is 341 g/mol. The minimum atomic E-state index is -0.0540. The van der Waals surface area contributed by atoms with Gasteiger partial charge in [0.2, 0.25) is 5.91 Å². The molecule has 2 aliphatic heterocycles. The molecule has 1 aromatic rings. The molecular weight excluding hydrogens is 314 g/mol. The number of hydrogen-bond donors (Lipinski definition) is 3. The van der Waals surface area contributed by atoms with E-state index in [4.69, 9.17) is 5.73 Å². The van der Waals surface area contributed by atoms with Crippen LogP contribution in [0.1, 0.15) is 36.0 Å². The van der Waals surface area contributed by atoms with Crippen LogP contribution in [-0.4, -0.2) is 42.6 Å². The maximum absolute atomic E-state index is 11.6. The fraction of sp³-hybridized carbons (Fsp3) is 0.474. The van der Waals surface area contributed by atoms with Crippen LogP contribution in [0.4, 0.5) is 0 Å². The van der Waals surface area contributed by atoms with Gasteiger partial charge in [-0.3, -0.25) is 10.1 Å². The SMILES string of the molecule is Cc1cccc(C2=CC(NCCCN3CCCC3=O)NC(N)=N2)c1C. The molecule has 0 aromatic heterocycles. The number of aliphatic imine (C=N–C) groups is 1. The molecule has 0 saturated carbocycles. The maximum Gasteiger partial charge on any atom is 0.222 e. The van der Waals surface area contributed by atoms with Crippen molar-refractivity contribution in [3.05, 3.63) is 41.0 Å². The molecule has 0 spiro atoms. The zero-order valence-corrected chi connectivity index (χ0v) is 15.0. The highest BCUT2D eigenvalue weighted by molar-refractivity contribution is 5.88. The highest BCUT2D eigenvalue weighted by atomic mass is 16.2. The zero-order chi connectivity index (χ0) is 17.8. The highest BCUT2D eigenvalue weighted by Gasteiger charge is 2.20. The second kappa shape index (κ2) is 7.70. The van der Waals surface area contributed by atoms with Gasteiger partial charge in [0, 0.05) is 25.1 Å². The Kier molecular flexibility index (Phi) is 5.38. The van der Waals surface area contributed by atoms with E-state index >= 15 is 0 Å². The van der Waals surface area contributed by atoms with Gasteiger partial charge in [0.05, 0.1) is 5.70 Å². The van der Waals surface area contributed by atoms with Crippen molar-refractivity contribution in [3.63, 3.8) is 0 Å². The first-order valence-corrected chi connectivity index (χ1v) is 8.95. The normalized spacial score (nSPS) is 20.3. The highest BCUT2D eigenvalue weighted by Crippen LogP contribution is 2.24. The number of nitrogens with two attached hydrogens (primary N) is 1. The van der Waals surface area contributed by atoms with Crippen molar-refractivity contribution in [2.45, 2.75) is 39.3 Å². The molecule has 25 heavy (non-hydrogen) atoms. The number of aryl methyl sites for hydroxylation is 1. The molecule has 3 rings (SSSR count). The third kappa shape index (κ3) is 4.20. The summed E-state index contributed by atoms with van der Waals surface area (Å²) < 4.78 is 0. The number of guanidine groups is 1. The number of nitrogens with one attached hydrogen (secondary N) is 2. The van der Waals surface area contributed by atoms with Gasteiger partial charge in [-0.25, -0.2) is 4.99 Å². The molecule has 1 saturated heterocycles. The Hall–Kier alpha value is -2.34. The summed E-state index contributed by atoms with van der Waals surface area (Å²) in [6.45, 7) is 6.73. The monoisotopic (exact) mass is 341 g/mol. The van der Waals surface area contributed by atoms with Crippen molar-refractivity contribution >= 4 is 17.6 Å². The zero-order valence-electron chi connectivity index (χ0n) is 15.0. The van der Waals surface area contributed by atoms with Gasteiger partial charge in [0.1, 0.15) is 6.17 Å². The number of carbonyl (C=O) groups is 1. The Morgan fingerprint density at radius 2 is 2.24 bits per heavy atom. The van der Waals surface area contributed by atoms with Crippen molar-refractivity contribution < 1.29 is 4.79 Å². The molecule has 0 radical (unpaired) electrons. The average Bonchev–Trinajstić information content (AvgIpc) is 2.99. The first-order chi connectivity index (χ1) is 12.0. The number of hydrogen-bond acceptors (Lipinski definition) is 5. The van der Waals surface area contributed by atoms with E-state index in [9.17, 15) is 4.79 Å². The summed E-state index contributed by atoms with van der Waals surface area (Å²) in [5.74, 6) is 0.704. The lowest BCUT2D eigenvalue weighted by atomic mass is 10.00. The molecule has 1 aromatic carbocycles. The Bertz CT molecular complexity index is 710. The number of carbonyl (C=O) groups excluding carboxylic acids is 1. The molecule has 134 valence electrons. The van der Waals surface area contributed by atoms with Gasteiger partial charge in [-0.15, -0.1) is 0 Å². The standard InChI is InChI=1S/C19H27N5O/c1-13-6-3-7-15(14(13)2)16-12-17(23-19(20)22-16)21-9-5-11-24-10-4-8-18(24)25/h3,6-7,12,17,21H,4-5,8-11H2,1-2H3,(H3,20,22,23). The topological polar surface area (TPSA) is 82.8 Å². The summed E-state index contributed by atoms with van der Waals surface area (Å²) in [7, 11) is 0. The third-order valence-corrected chi connectivity index (χ3v) is 4.89. The number of amides is 1. The molecule has 1 amide bonds. The van der Waals surface area contributed by atoms with E-state index in [0.29, 0.717) is 12.4 Å². The lowest BCUT2D eigenvalue weighted by Gasteiger charge is -2.24. The molecule has 0 bridgehead atoms. The summed E-state index contributed by atoms with van der Waals surface area (Å²) in [6, 6.07) is 6.22. The fourth-order valence-electron chi connectivity index (χ4n) is 3.31. The molecular formula is C19H27N5O. The van der Waals surface area contributed by atoms with Gasteiger partial charge in [-0.2, -0.15) is 0 Å². The molecule has 6 heteroatoms. The van der Waals surface area contributed by atoms with Gasteiger partial charge in [0.15, 0.2) is 5.96 Å². The second-order valence-electron chi connectivity index (χ2n) is 6.71. The first-order valence-electron chi connectivity index (χ1n) is 8.95. The quantitative estimate of drug-likeness (QED) is 0.685.